The number of nitrogens with zero attached hydrogens (tertiary/aromatic N) is 15. The van der Waals surface area contributed by atoms with Gasteiger partial charge in [-0.25, -0.2) is 55.4 Å². The Balaban J connectivity index is 0.000000188. The zero-order valence-corrected chi connectivity index (χ0v) is 66.3. The van der Waals surface area contributed by atoms with E-state index in [0.29, 0.717) is 5.56 Å². The van der Waals surface area contributed by atoms with E-state index in [-0.39, 0.29) is 22.8 Å². The number of thiophene rings is 4. The van der Waals surface area contributed by atoms with Gasteiger partial charge in [0.15, 0.2) is 6.29 Å². The number of carbonyl (C=O) groups excluding carboxylic acids is 1. The molecule has 11 heterocycles. The van der Waals surface area contributed by atoms with Crippen LogP contribution in [0.3, 0.4) is 0 Å². The molecule has 0 unspecified atom stereocenters. The number of hydrogen-bond donors (Lipinski definition) is 0. The van der Waals surface area contributed by atoms with Crippen molar-refractivity contribution < 1.29 is 4.79 Å². The maximum Gasteiger partial charge on any atom is 0.262 e. The quantitative estimate of drug-likeness (QED) is 0.0351. The average molecular weight is 1730 g/mol. The minimum Gasteiger partial charge on any atom is -0.339 e. The molecular weight excluding hydrogens is 1670 g/mol. The van der Waals surface area contributed by atoms with E-state index >= 15 is 0 Å². The van der Waals surface area contributed by atoms with Crippen LogP contribution in [0.15, 0.2) is 153 Å². The molecule has 0 bridgehead atoms. The van der Waals surface area contributed by atoms with Crippen molar-refractivity contribution in [3.8, 4) is 45.4 Å². The summed E-state index contributed by atoms with van der Waals surface area (Å²) in [5.74, 6) is 0. The van der Waals surface area contributed by atoms with Crippen LogP contribution in [-0.4, -0.2) is 77.1 Å². The number of rotatable bonds is 13. The fraction of sp³-hybridized carbons (Fsp3) is 0.171. The predicted molar refractivity (Wildman–Crippen MR) is 405 cm³/mol. The van der Waals surface area contributed by atoms with Gasteiger partial charge in [-0.2, -0.15) is 0 Å². The number of aryl methyl sites for hydroxylation is 2. The van der Waals surface area contributed by atoms with Gasteiger partial charge in [-0.15, -0.1) is 22.7 Å². The topological polar surface area (TPSA) is 204 Å². The molecule has 0 amide bonds. The predicted octanol–water partition coefficient (Wildman–Crippen LogP) is 20.3. The molecule has 16 nitrogen and oxygen atoms in total. The molecule has 11 rings (SSSR count). The van der Waals surface area contributed by atoms with Crippen LogP contribution in [0.2, 0.25) is 29.6 Å². The van der Waals surface area contributed by atoms with E-state index in [4.69, 9.17) is 47.3 Å². The van der Waals surface area contributed by atoms with E-state index in [0.717, 1.165) is 83.0 Å². The number of aromatic nitrogens is 7. The van der Waals surface area contributed by atoms with Gasteiger partial charge in [0.1, 0.15) is 13.8 Å². The van der Waals surface area contributed by atoms with Gasteiger partial charge in [-0.1, -0.05) is 31.2 Å². The summed E-state index contributed by atoms with van der Waals surface area (Å²) in [6, 6.07) is 34.8. The van der Waals surface area contributed by atoms with Crippen molar-refractivity contribution in [1.29, 1.82) is 21.0 Å². The second kappa shape index (κ2) is 34.9. The van der Waals surface area contributed by atoms with Crippen LogP contribution in [0, 0.1) is 71.6 Å². The molecule has 0 spiro atoms. The Morgan fingerprint density at radius 1 is 0.453 bits per heavy atom. The summed E-state index contributed by atoms with van der Waals surface area (Å²) in [5, 5.41) is 34.9. The van der Waals surface area contributed by atoms with E-state index in [1.165, 1.54) is 68.4 Å². The zero-order chi connectivity index (χ0) is 69.0. The summed E-state index contributed by atoms with van der Waals surface area (Å²) in [5.41, 5.74) is 10.8. The third-order valence-electron chi connectivity index (χ3n) is 13.4. The Labute approximate surface area is 601 Å². The first kappa shape index (κ1) is 74.1. The maximum absolute atomic E-state index is 10.1. The maximum atomic E-state index is 10.1. The van der Waals surface area contributed by atoms with Gasteiger partial charge in [-0.3, -0.25) is 14.8 Å². The van der Waals surface area contributed by atoms with Crippen LogP contribution >= 0.6 is 93.1 Å². The van der Waals surface area contributed by atoms with Crippen LogP contribution in [0.5, 0.6) is 0 Å². The molecule has 0 saturated heterocycles. The molecule has 0 aliphatic rings. The first-order valence-electron chi connectivity index (χ1n) is 28.9. The number of allylic oxidation sites excluding steroid dienone is 4. The van der Waals surface area contributed by atoms with Gasteiger partial charge in [-0.05, 0) is 149 Å². The van der Waals surface area contributed by atoms with Crippen molar-refractivity contribution in [2.45, 2.75) is 69.4 Å². The largest absolute Gasteiger partial charge is 0.339 e. The SMILES string of the molecule is CCCn1c2c[c]([Sn]([CH3])([CH3])[CH3])sc2c2s[c]([Sn]([CH3])([CH3])[CH3])cc21.O=Cc1ccc(Br)nc1.[C-]#[N+]/C(C#N)=C\c1ccc(-c2cc3c(s2)c2sc(-c4ccc(/C=C(\C#N)[N+]#[C-])cn4)cc2n3CCC)nc1.[C-]#[N+]/C(C#N)=C\c1ccc(Br)nc1.[C-]#[N+]/C(C#N)=C\c1ccc(Br)nc1. The average Bonchev–Trinajstić information content (AvgIpc) is 1.59. The van der Waals surface area contributed by atoms with E-state index in [1.54, 1.807) is 111 Å². The van der Waals surface area contributed by atoms with Crippen molar-refractivity contribution in [2.75, 3.05) is 0 Å². The summed E-state index contributed by atoms with van der Waals surface area (Å²) >= 11 is 13.2. The number of carbonyl (C=O) groups is 1. The summed E-state index contributed by atoms with van der Waals surface area (Å²) < 4.78 is 16.2. The van der Waals surface area contributed by atoms with E-state index in [1.807, 2.05) is 36.4 Å². The molecular formula is C70H56Br3N15OS4Sn2. The zero-order valence-electron chi connectivity index (χ0n) is 52.6. The van der Waals surface area contributed by atoms with Crippen molar-refractivity contribution in [2.24, 2.45) is 0 Å². The fourth-order valence-corrected chi connectivity index (χ4v) is 24.8. The molecule has 0 saturated carbocycles. The van der Waals surface area contributed by atoms with Gasteiger partial charge >= 0.3 is 152 Å². The number of fused-ring (bicyclic) bond motifs is 6. The fourth-order valence-electron chi connectivity index (χ4n) is 8.82. The Kier molecular flexibility index (Phi) is 27.3. The Morgan fingerprint density at radius 2 is 0.737 bits per heavy atom. The van der Waals surface area contributed by atoms with Crippen molar-refractivity contribution in [3.63, 3.8) is 0 Å². The van der Waals surface area contributed by atoms with Crippen molar-refractivity contribution in [3.05, 3.63) is 226 Å². The molecule has 0 aromatic carbocycles. The first-order valence-corrected chi connectivity index (χ1v) is 54.5. The van der Waals surface area contributed by atoms with E-state index < -0.39 is 36.8 Å². The van der Waals surface area contributed by atoms with Crippen LogP contribution in [0.25, 0.3) is 106 Å². The molecule has 0 atom stereocenters. The molecule has 470 valence electrons. The molecule has 25 heteroatoms. The summed E-state index contributed by atoms with van der Waals surface area (Å²) in [6.07, 6.45) is 17.1. The van der Waals surface area contributed by atoms with Gasteiger partial charge in [0.25, 0.3) is 22.8 Å². The van der Waals surface area contributed by atoms with Crippen molar-refractivity contribution in [1.82, 2.24) is 34.1 Å². The Morgan fingerprint density at radius 3 is 0.979 bits per heavy atom. The molecule has 0 N–H and O–H groups in total. The third-order valence-corrected chi connectivity index (χ3v) is 38.5. The molecule has 0 aliphatic heterocycles. The second-order valence-corrected chi connectivity index (χ2v) is 59.9. The minimum atomic E-state index is -1.97. The summed E-state index contributed by atoms with van der Waals surface area (Å²) in [6.45, 7) is 33.9. The van der Waals surface area contributed by atoms with Gasteiger partial charge in [0.2, 0.25) is 0 Å². The molecule has 95 heavy (non-hydrogen) atoms. The number of halogens is 3. The number of nitriles is 4. The monoisotopic (exact) mass is 1730 g/mol. The van der Waals surface area contributed by atoms with E-state index in [9.17, 15) is 4.79 Å². The number of pyridine rings is 5. The number of aldehydes is 1. The van der Waals surface area contributed by atoms with Gasteiger partial charge < -0.3 is 4.57 Å². The Bertz CT molecular complexity index is 4730. The standard InChI is InChI=1S/C29H17N7S2.C11H9NS2.2C9H4BrN3.C6H4BrNO.6CH3.2Sn/c1-4-9-36-24-12-26(22-7-5-18(16-34-22)10-20(14-30)32-2)37-28(24)29-25(36)13-27(38-29)23-8-6-19(17-35-23)11-21(15-31)33-3;1-2-5-12-8-3-6-13-10(8)11-9(12)4-7-14-11;2*1-12-8(5-11)4-7-2-3-9(10)13-6-7;7-6-2-1-5(4-9)3-8-6;;;;;;;;/h5-8,10-13,16-17H,4,9H2,1H3;3-4H,2,5H2,1H3;2*2-4,6H;1-4H;6*1H3;;/b20-10-,21-11+;;2*8-4-;;;;;;;;;. The minimum absolute atomic E-state index is 0.0294. The molecule has 0 aliphatic carbocycles. The summed E-state index contributed by atoms with van der Waals surface area (Å²) in [7, 11) is 0. The van der Waals surface area contributed by atoms with Crippen LogP contribution < -0.4 is 5.79 Å². The van der Waals surface area contributed by atoms with Crippen LogP contribution in [0.4, 0.5) is 0 Å². The first-order chi connectivity index (χ1) is 45.5. The normalized spacial score (nSPS) is 11.5. The smallest absolute Gasteiger partial charge is 0.262 e. The van der Waals surface area contributed by atoms with E-state index in [2.05, 4.69) is 192 Å². The summed E-state index contributed by atoms with van der Waals surface area (Å²) in [4.78, 5) is 60.8. The molecule has 0 radical (unpaired) electrons. The molecule has 0 fully saturated rings. The van der Waals surface area contributed by atoms with Crippen LogP contribution in [-0.2, 0) is 13.1 Å². The van der Waals surface area contributed by atoms with Crippen molar-refractivity contribution >= 4 is 207 Å². The molecule has 11 aromatic rings. The number of hydrogen-bond acceptors (Lipinski definition) is 14. The second-order valence-electron chi connectivity index (χ2n) is 22.4. The third kappa shape index (κ3) is 19.9. The molecule has 11 aromatic heterocycles. The Hall–Kier alpha value is -8.26. The van der Waals surface area contributed by atoms with Crippen LogP contribution in [0.1, 0.15) is 59.3 Å². The van der Waals surface area contributed by atoms with Gasteiger partial charge in [0, 0.05) is 43.1 Å². The van der Waals surface area contributed by atoms with Gasteiger partial charge in [0.05, 0.1) is 92.1 Å².